The van der Waals surface area contributed by atoms with E-state index in [2.05, 4.69) is 24.1 Å². The average Bonchev–Trinajstić information content (AvgIpc) is 2.43. The Kier molecular flexibility index (Phi) is 5.97. The van der Waals surface area contributed by atoms with Gasteiger partial charge in [0.15, 0.2) is 0 Å². The second kappa shape index (κ2) is 7.49. The van der Waals surface area contributed by atoms with Gasteiger partial charge in [0.05, 0.1) is 0 Å². The molecule has 2 atom stereocenters. The lowest BCUT2D eigenvalue weighted by Gasteiger charge is -2.45. The lowest BCUT2D eigenvalue weighted by Crippen LogP contribution is -2.55. The molecule has 2 aliphatic rings. The van der Waals surface area contributed by atoms with Crippen LogP contribution >= 0.6 is 0 Å². The highest BCUT2D eigenvalue weighted by atomic mass is 15.2. The molecule has 18 heavy (non-hydrogen) atoms. The van der Waals surface area contributed by atoms with Crippen LogP contribution in [0.25, 0.3) is 0 Å². The first-order chi connectivity index (χ1) is 8.86. The molecule has 2 nitrogen and oxygen atoms in total. The molecule has 2 saturated carbocycles. The summed E-state index contributed by atoms with van der Waals surface area (Å²) >= 11 is 0. The smallest absolute Gasteiger partial charge is 0.0252 e. The minimum atomic E-state index is 0.755. The highest BCUT2D eigenvalue weighted by Gasteiger charge is 2.33. The summed E-state index contributed by atoms with van der Waals surface area (Å²) in [5.74, 6) is 0. The summed E-state index contributed by atoms with van der Waals surface area (Å²) in [6.45, 7) is 7.00. The van der Waals surface area contributed by atoms with Gasteiger partial charge in [-0.05, 0) is 38.8 Å². The van der Waals surface area contributed by atoms with Crippen molar-refractivity contribution in [3.05, 3.63) is 0 Å². The van der Waals surface area contributed by atoms with E-state index in [1.165, 1.54) is 64.3 Å². The molecule has 2 aliphatic carbocycles. The van der Waals surface area contributed by atoms with Gasteiger partial charge in [0, 0.05) is 18.1 Å². The fourth-order valence-electron chi connectivity index (χ4n) is 4.18. The van der Waals surface area contributed by atoms with Crippen molar-refractivity contribution in [1.82, 2.24) is 10.2 Å². The number of likely N-dealkylation sites (N-methyl/N-ethyl adjacent to an activating group) is 2. The molecule has 2 heteroatoms. The molecule has 0 aromatic heterocycles. The minimum absolute atomic E-state index is 0.755. The molecule has 0 spiro atoms. The van der Waals surface area contributed by atoms with E-state index < -0.39 is 0 Å². The molecule has 0 amide bonds. The zero-order valence-electron chi connectivity index (χ0n) is 12.5. The SMILES string of the molecule is CCNC1CCCCC1N(CC)C1CCCCC1. The minimum Gasteiger partial charge on any atom is -0.313 e. The topological polar surface area (TPSA) is 15.3 Å². The summed E-state index contributed by atoms with van der Waals surface area (Å²) < 4.78 is 0. The maximum Gasteiger partial charge on any atom is 0.0252 e. The number of hydrogen-bond acceptors (Lipinski definition) is 2. The van der Waals surface area contributed by atoms with Crippen LogP contribution < -0.4 is 5.32 Å². The van der Waals surface area contributed by atoms with Crippen molar-refractivity contribution in [1.29, 1.82) is 0 Å². The highest BCUT2D eigenvalue weighted by Crippen LogP contribution is 2.30. The van der Waals surface area contributed by atoms with Gasteiger partial charge in [-0.2, -0.15) is 0 Å². The van der Waals surface area contributed by atoms with E-state index in [4.69, 9.17) is 0 Å². The fourth-order valence-corrected chi connectivity index (χ4v) is 4.18. The predicted molar refractivity (Wildman–Crippen MR) is 79.0 cm³/mol. The van der Waals surface area contributed by atoms with E-state index >= 15 is 0 Å². The van der Waals surface area contributed by atoms with Crippen molar-refractivity contribution in [3.8, 4) is 0 Å². The fraction of sp³-hybridized carbons (Fsp3) is 1.00. The number of nitrogens with zero attached hydrogens (tertiary/aromatic N) is 1. The lowest BCUT2D eigenvalue weighted by atomic mass is 9.85. The molecular weight excluding hydrogens is 220 g/mol. The third kappa shape index (κ3) is 3.48. The summed E-state index contributed by atoms with van der Waals surface area (Å²) in [4.78, 5) is 2.85. The van der Waals surface area contributed by atoms with Crippen LogP contribution in [0.15, 0.2) is 0 Å². The van der Waals surface area contributed by atoms with Crippen LogP contribution in [0.4, 0.5) is 0 Å². The van der Waals surface area contributed by atoms with Gasteiger partial charge in [-0.3, -0.25) is 4.90 Å². The Morgan fingerprint density at radius 1 is 0.889 bits per heavy atom. The maximum absolute atomic E-state index is 3.75. The summed E-state index contributed by atoms with van der Waals surface area (Å²) in [5.41, 5.74) is 0. The number of rotatable bonds is 5. The first kappa shape index (κ1) is 14.3. The van der Waals surface area contributed by atoms with Crippen molar-refractivity contribution >= 4 is 0 Å². The van der Waals surface area contributed by atoms with Gasteiger partial charge in [0.2, 0.25) is 0 Å². The lowest BCUT2D eigenvalue weighted by molar-refractivity contribution is 0.0652. The van der Waals surface area contributed by atoms with Gasteiger partial charge in [-0.1, -0.05) is 46.0 Å². The Morgan fingerprint density at radius 2 is 1.56 bits per heavy atom. The first-order valence-electron chi connectivity index (χ1n) is 8.36. The second-order valence-electron chi connectivity index (χ2n) is 6.14. The van der Waals surface area contributed by atoms with E-state index in [1.807, 2.05) is 0 Å². The summed E-state index contributed by atoms with van der Waals surface area (Å²) in [6.07, 6.45) is 13.0. The molecular formula is C16H32N2. The van der Waals surface area contributed by atoms with Gasteiger partial charge in [0.25, 0.3) is 0 Å². The van der Waals surface area contributed by atoms with Gasteiger partial charge in [0.1, 0.15) is 0 Å². The van der Waals surface area contributed by atoms with Crippen molar-refractivity contribution in [3.63, 3.8) is 0 Å². The molecule has 0 heterocycles. The highest BCUT2D eigenvalue weighted by molar-refractivity contribution is 4.91. The average molecular weight is 252 g/mol. The van der Waals surface area contributed by atoms with Crippen LogP contribution in [0, 0.1) is 0 Å². The molecule has 0 bridgehead atoms. The Hall–Kier alpha value is -0.0800. The van der Waals surface area contributed by atoms with Gasteiger partial charge in [-0.15, -0.1) is 0 Å². The van der Waals surface area contributed by atoms with E-state index in [1.54, 1.807) is 0 Å². The summed E-state index contributed by atoms with van der Waals surface area (Å²) in [7, 11) is 0. The first-order valence-corrected chi connectivity index (χ1v) is 8.36. The molecule has 0 saturated heterocycles. The molecule has 1 N–H and O–H groups in total. The molecule has 2 rings (SSSR count). The van der Waals surface area contributed by atoms with Crippen molar-refractivity contribution in [2.45, 2.75) is 89.8 Å². The predicted octanol–water partition coefficient (Wildman–Crippen LogP) is 3.56. The quantitative estimate of drug-likeness (QED) is 0.805. The Balaban J connectivity index is 1.98. The zero-order chi connectivity index (χ0) is 12.8. The third-order valence-electron chi connectivity index (χ3n) is 5.03. The van der Waals surface area contributed by atoms with Crippen LogP contribution in [0.5, 0.6) is 0 Å². The van der Waals surface area contributed by atoms with E-state index in [9.17, 15) is 0 Å². The van der Waals surface area contributed by atoms with E-state index in [0.29, 0.717) is 0 Å². The molecule has 106 valence electrons. The molecule has 2 unspecified atom stereocenters. The van der Waals surface area contributed by atoms with Crippen LogP contribution in [0.3, 0.4) is 0 Å². The van der Waals surface area contributed by atoms with E-state index in [0.717, 1.165) is 24.7 Å². The zero-order valence-corrected chi connectivity index (χ0v) is 12.5. The van der Waals surface area contributed by atoms with Crippen molar-refractivity contribution in [2.24, 2.45) is 0 Å². The second-order valence-corrected chi connectivity index (χ2v) is 6.14. The van der Waals surface area contributed by atoms with Crippen LogP contribution in [-0.2, 0) is 0 Å². The molecule has 0 aromatic carbocycles. The Labute approximate surface area is 114 Å². The van der Waals surface area contributed by atoms with Crippen LogP contribution in [0.2, 0.25) is 0 Å². The van der Waals surface area contributed by atoms with Crippen molar-refractivity contribution in [2.75, 3.05) is 13.1 Å². The normalized spacial score (nSPS) is 30.8. The standard InChI is InChI=1S/C16H32N2/c1-3-17-15-12-8-9-13-16(15)18(4-2)14-10-6-5-7-11-14/h14-17H,3-13H2,1-2H3. The Bertz CT molecular complexity index is 210. The number of nitrogens with one attached hydrogen (secondary N) is 1. The number of hydrogen-bond donors (Lipinski definition) is 1. The van der Waals surface area contributed by atoms with Gasteiger partial charge in [-0.25, -0.2) is 0 Å². The van der Waals surface area contributed by atoms with Crippen LogP contribution in [0.1, 0.15) is 71.6 Å². The van der Waals surface area contributed by atoms with Gasteiger partial charge >= 0.3 is 0 Å². The molecule has 2 fully saturated rings. The Morgan fingerprint density at radius 3 is 2.22 bits per heavy atom. The molecule has 0 aliphatic heterocycles. The van der Waals surface area contributed by atoms with Crippen LogP contribution in [-0.4, -0.2) is 36.1 Å². The third-order valence-corrected chi connectivity index (χ3v) is 5.03. The summed E-state index contributed by atoms with van der Waals surface area (Å²) in [6, 6.07) is 2.45. The largest absolute Gasteiger partial charge is 0.313 e. The van der Waals surface area contributed by atoms with Crippen molar-refractivity contribution < 1.29 is 0 Å². The molecule has 0 aromatic rings. The van der Waals surface area contributed by atoms with Gasteiger partial charge < -0.3 is 5.32 Å². The summed E-state index contributed by atoms with van der Waals surface area (Å²) in [5, 5.41) is 3.75. The molecule has 0 radical (unpaired) electrons. The maximum atomic E-state index is 3.75. The monoisotopic (exact) mass is 252 g/mol. The van der Waals surface area contributed by atoms with E-state index in [-0.39, 0.29) is 0 Å².